The monoisotopic (exact) mass is 377 g/mol. The van der Waals surface area contributed by atoms with Crippen molar-refractivity contribution in [3.63, 3.8) is 0 Å². The number of urea groups is 1. The lowest BCUT2D eigenvalue weighted by molar-refractivity contribution is 0.0667. The number of carbonyl (C=O) groups excluding carboxylic acids is 2. The largest absolute Gasteiger partial charge is 0.422 e. The average molecular weight is 377 g/mol. The smallest absolute Gasteiger partial charge is 0.349 e. The maximum Gasteiger partial charge on any atom is 0.349 e. The number of rotatable bonds is 2. The van der Waals surface area contributed by atoms with Gasteiger partial charge in [0.1, 0.15) is 11.1 Å². The van der Waals surface area contributed by atoms with Crippen molar-refractivity contribution in [3.05, 3.63) is 76.6 Å². The minimum atomic E-state index is -0.645. The number of benzene rings is 2. The van der Waals surface area contributed by atoms with Crippen LogP contribution in [0.1, 0.15) is 10.4 Å². The minimum Gasteiger partial charge on any atom is -0.422 e. The van der Waals surface area contributed by atoms with Crippen molar-refractivity contribution in [1.29, 1.82) is 0 Å². The Kier molecular flexibility index (Phi) is 4.80. The second-order valence-electron chi connectivity index (χ2n) is 6.56. The first-order chi connectivity index (χ1) is 13.6. The lowest BCUT2D eigenvalue weighted by Gasteiger charge is -2.34. The third-order valence-corrected chi connectivity index (χ3v) is 4.75. The lowest BCUT2D eigenvalue weighted by Crippen LogP contribution is -2.52. The van der Waals surface area contributed by atoms with Crippen molar-refractivity contribution in [1.82, 2.24) is 9.80 Å². The van der Waals surface area contributed by atoms with Crippen molar-refractivity contribution in [3.8, 4) is 0 Å². The molecule has 0 unspecified atom stereocenters. The van der Waals surface area contributed by atoms with Crippen LogP contribution in [0.4, 0.5) is 10.5 Å². The Balaban J connectivity index is 1.42. The van der Waals surface area contributed by atoms with Gasteiger partial charge in [-0.1, -0.05) is 36.4 Å². The van der Waals surface area contributed by atoms with Crippen LogP contribution in [0.2, 0.25) is 0 Å². The molecule has 0 atom stereocenters. The van der Waals surface area contributed by atoms with Crippen LogP contribution >= 0.6 is 0 Å². The molecule has 1 fully saturated rings. The molecule has 142 valence electrons. The summed E-state index contributed by atoms with van der Waals surface area (Å²) in [7, 11) is 0. The number of carbonyl (C=O) groups is 2. The minimum absolute atomic E-state index is 0.0147. The fraction of sp³-hybridized carbons (Fsp3) is 0.190. The summed E-state index contributed by atoms with van der Waals surface area (Å²) in [4.78, 5) is 40.6. The number of para-hydroxylation sites is 2. The van der Waals surface area contributed by atoms with E-state index < -0.39 is 5.63 Å². The molecule has 0 aliphatic carbocycles. The fourth-order valence-corrected chi connectivity index (χ4v) is 3.22. The van der Waals surface area contributed by atoms with Crippen molar-refractivity contribution in [2.24, 2.45) is 0 Å². The zero-order valence-electron chi connectivity index (χ0n) is 15.1. The van der Waals surface area contributed by atoms with Gasteiger partial charge in [0, 0.05) is 37.3 Å². The topological polar surface area (TPSA) is 82.9 Å². The number of nitrogens with zero attached hydrogens (tertiary/aromatic N) is 2. The third-order valence-electron chi connectivity index (χ3n) is 4.75. The quantitative estimate of drug-likeness (QED) is 0.696. The molecule has 0 saturated carbocycles. The van der Waals surface area contributed by atoms with Crippen LogP contribution in [0, 0.1) is 0 Å². The standard InChI is InChI=1S/C21H19N3O4/c25-19(17-14-15-6-4-5-9-18(15)28-20(17)26)23-10-12-24(13-11-23)21(27)22-16-7-2-1-3-8-16/h1-9,14H,10-13H2,(H,22,27). The van der Waals surface area contributed by atoms with E-state index in [0.29, 0.717) is 37.1 Å². The van der Waals surface area contributed by atoms with Gasteiger partial charge in [0.05, 0.1) is 0 Å². The normalized spacial score (nSPS) is 14.1. The first kappa shape index (κ1) is 17.8. The zero-order chi connectivity index (χ0) is 19.5. The van der Waals surface area contributed by atoms with Crippen molar-refractivity contribution in [2.75, 3.05) is 31.5 Å². The Bertz CT molecular complexity index is 1070. The number of hydrogen-bond donors (Lipinski definition) is 1. The van der Waals surface area contributed by atoms with E-state index in [-0.39, 0.29) is 17.5 Å². The van der Waals surface area contributed by atoms with Crippen LogP contribution in [0.3, 0.4) is 0 Å². The first-order valence-electron chi connectivity index (χ1n) is 9.05. The molecule has 4 rings (SSSR count). The molecule has 1 aliphatic heterocycles. The summed E-state index contributed by atoms with van der Waals surface area (Å²) in [5.41, 5.74) is 0.542. The molecule has 7 heteroatoms. The maximum absolute atomic E-state index is 12.8. The van der Waals surface area contributed by atoms with E-state index in [0.717, 1.165) is 5.69 Å². The van der Waals surface area contributed by atoms with Crippen molar-refractivity contribution >= 4 is 28.6 Å². The Morgan fingerprint density at radius 2 is 1.50 bits per heavy atom. The Hall–Kier alpha value is -3.61. The molecular weight excluding hydrogens is 358 g/mol. The average Bonchev–Trinajstić information content (AvgIpc) is 2.73. The number of anilines is 1. The second-order valence-corrected chi connectivity index (χ2v) is 6.56. The van der Waals surface area contributed by atoms with Crippen LogP contribution in [-0.2, 0) is 0 Å². The highest BCUT2D eigenvalue weighted by Gasteiger charge is 2.27. The highest BCUT2D eigenvalue weighted by molar-refractivity contribution is 5.97. The first-order valence-corrected chi connectivity index (χ1v) is 9.05. The molecule has 2 aromatic carbocycles. The number of fused-ring (bicyclic) bond motifs is 1. The fourth-order valence-electron chi connectivity index (χ4n) is 3.22. The third kappa shape index (κ3) is 3.59. The van der Waals surface area contributed by atoms with Gasteiger partial charge in [-0.3, -0.25) is 4.79 Å². The van der Waals surface area contributed by atoms with Gasteiger partial charge in [0.25, 0.3) is 5.91 Å². The van der Waals surface area contributed by atoms with Gasteiger partial charge in [-0.2, -0.15) is 0 Å². The van der Waals surface area contributed by atoms with E-state index in [1.807, 2.05) is 36.4 Å². The van der Waals surface area contributed by atoms with Gasteiger partial charge in [-0.25, -0.2) is 9.59 Å². The predicted molar refractivity (Wildman–Crippen MR) is 105 cm³/mol. The van der Waals surface area contributed by atoms with Crippen LogP contribution in [-0.4, -0.2) is 47.9 Å². The van der Waals surface area contributed by atoms with E-state index >= 15 is 0 Å². The predicted octanol–water partition coefficient (Wildman–Crippen LogP) is 2.78. The van der Waals surface area contributed by atoms with Gasteiger partial charge >= 0.3 is 11.7 Å². The molecule has 1 aromatic heterocycles. The van der Waals surface area contributed by atoms with E-state index in [4.69, 9.17) is 4.42 Å². The van der Waals surface area contributed by atoms with E-state index in [1.54, 1.807) is 34.1 Å². The van der Waals surface area contributed by atoms with Gasteiger partial charge in [-0.05, 0) is 24.3 Å². The van der Waals surface area contributed by atoms with Crippen LogP contribution < -0.4 is 10.9 Å². The summed E-state index contributed by atoms with van der Waals surface area (Å²) in [5, 5.41) is 3.54. The maximum atomic E-state index is 12.8. The van der Waals surface area contributed by atoms with E-state index in [1.165, 1.54) is 0 Å². The van der Waals surface area contributed by atoms with Crippen LogP contribution in [0.25, 0.3) is 11.0 Å². The zero-order valence-corrected chi connectivity index (χ0v) is 15.1. The van der Waals surface area contributed by atoms with Gasteiger partial charge < -0.3 is 19.5 Å². The molecule has 1 aliphatic rings. The highest BCUT2D eigenvalue weighted by atomic mass is 16.4. The molecule has 1 N–H and O–H groups in total. The number of hydrogen-bond acceptors (Lipinski definition) is 4. The van der Waals surface area contributed by atoms with Crippen molar-refractivity contribution in [2.45, 2.75) is 0 Å². The molecule has 0 radical (unpaired) electrons. The molecule has 0 bridgehead atoms. The summed E-state index contributed by atoms with van der Waals surface area (Å²) in [5.74, 6) is -0.373. The molecular formula is C21H19N3O4. The molecule has 7 nitrogen and oxygen atoms in total. The molecule has 28 heavy (non-hydrogen) atoms. The van der Waals surface area contributed by atoms with E-state index in [9.17, 15) is 14.4 Å². The summed E-state index contributed by atoms with van der Waals surface area (Å²) < 4.78 is 5.25. The summed E-state index contributed by atoms with van der Waals surface area (Å²) in [6, 6.07) is 17.6. The lowest BCUT2D eigenvalue weighted by atomic mass is 10.1. The molecule has 1 saturated heterocycles. The Morgan fingerprint density at radius 3 is 2.25 bits per heavy atom. The molecule has 2 heterocycles. The van der Waals surface area contributed by atoms with Crippen LogP contribution in [0.5, 0.6) is 0 Å². The summed E-state index contributed by atoms with van der Waals surface area (Å²) in [6.07, 6.45) is 0. The number of amides is 3. The second kappa shape index (κ2) is 7.56. The van der Waals surface area contributed by atoms with Crippen molar-refractivity contribution < 1.29 is 14.0 Å². The number of nitrogens with one attached hydrogen (secondary N) is 1. The Morgan fingerprint density at radius 1 is 0.857 bits per heavy atom. The summed E-state index contributed by atoms with van der Waals surface area (Å²) in [6.45, 7) is 1.49. The van der Waals surface area contributed by atoms with E-state index in [2.05, 4.69) is 5.32 Å². The SMILES string of the molecule is O=C(Nc1ccccc1)N1CCN(C(=O)c2cc3ccccc3oc2=O)CC1. The molecule has 0 spiro atoms. The highest BCUT2D eigenvalue weighted by Crippen LogP contribution is 2.15. The van der Waals surface area contributed by atoms with Gasteiger partial charge in [0.15, 0.2) is 0 Å². The summed E-state index contributed by atoms with van der Waals surface area (Å²) >= 11 is 0. The van der Waals surface area contributed by atoms with Gasteiger partial charge in [-0.15, -0.1) is 0 Å². The number of piperazine rings is 1. The molecule has 3 amide bonds. The Labute approximate surface area is 161 Å². The molecule has 3 aromatic rings. The van der Waals surface area contributed by atoms with Gasteiger partial charge in [0.2, 0.25) is 0 Å². The van der Waals surface area contributed by atoms with Crippen LogP contribution in [0.15, 0.2) is 69.9 Å².